The van der Waals surface area contributed by atoms with Gasteiger partial charge in [0, 0.05) is 32.4 Å². The van der Waals surface area contributed by atoms with Crippen molar-refractivity contribution >= 4 is 103 Å². The van der Waals surface area contributed by atoms with Crippen molar-refractivity contribution in [3.05, 3.63) is 71.8 Å². The summed E-state index contributed by atoms with van der Waals surface area (Å²) in [7, 11) is -3.59. The minimum absolute atomic E-state index is 0.0146. The maximum absolute atomic E-state index is 14.3. The first-order chi connectivity index (χ1) is 51.1. The predicted molar refractivity (Wildman–Crippen MR) is 380 cm³/mol. The summed E-state index contributed by atoms with van der Waals surface area (Å²) >= 11 is 0. The summed E-state index contributed by atoms with van der Waals surface area (Å²) in [6, 6.07) is -4.86. The summed E-state index contributed by atoms with van der Waals surface area (Å²) in [5, 5.41) is 77.0. The van der Waals surface area contributed by atoms with Crippen molar-refractivity contribution in [1.29, 1.82) is 0 Å². The molecule has 0 aromatic heterocycles. The van der Waals surface area contributed by atoms with E-state index in [2.05, 4.69) is 62.1 Å². The molecule has 2 aromatic rings. The van der Waals surface area contributed by atoms with E-state index >= 15 is 0 Å². The van der Waals surface area contributed by atoms with E-state index in [9.17, 15) is 112 Å². The molecule has 2 aromatic carbocycles. The molecular weight excluding hydrogens is 1460 g/mol. The number of carbonyl (C=O) groups is 15. The van der Waals surface area contributed by atoms with Gasteiger partial charge in [-0.2, -0.15) is 0 Å². The molecule has 0 saturated carbocycles. The van der Waals surface area contributed by atoms with Crippen LogP contribution in [0, 0.1) is 5.92 Å². The molecule has 109 heavy (non-hydrogen) atoms. The number of carboxylic acid groups (broad SMARTS) is 1. The number of rotatable bonds is 45. The maximum Gasteiger partial charge on any atom is 0.469 e. The molecule has 12 amide bonds. The zero-order chi connectivity index (χ0) is 82.2. The number of nitrogens with one attached hydrogen (secondary N) is 11. The summed E-state index contributed by atoms with van der Waals surface area (Å²) in [5.41, 5.74) is 17.3. The molecule has 1 aliphatic heterocycles. The zero-order valence-corrected chi connectivity index (χ0v) is 62.1. The van der Waals surface area contributed by atoms with Crippen LogP contribution >= 0.6 is 7.82 Å². The normalized spacial score (nSPS) is 16.8. The van der Waals surface area contributed by atoms with Crippen LogP contribution in [0.2, 0.25) is 0 Å². The Kier molecular flexibility index (Phi) is 38.7. The monoisotopic (exact) mass is 1560 g/mol. The molecule has 0 aliphatic carbocycles. The van der Waals surface area contributed by atoms with Gasteiger partial charge < -0.3 is 125 Å². The lowest BCUT2D eigenvalue weighted by Crippen LogP contribution is -2.63. The number of hydrogen-bond donors (Lipinski definition) is 21. The van der Waals surface area contributed by atoms with Gasteiger partial charge in [0.05, 0.1) is 58.2 Å². The number of aliphatic imine (C=N–C) groups is 1. The van der Waals surface area contributed by atoms with Gasteiger partial charge in [0.1, 0.15) is 72.5 Å². The van der Waals surface area contributed by atoms with Gasteiger partial charge in [0.25, 0.3) is 0 Å². The maximum atomic E-state index is 14.3. The van der Waals surface area contributed by atoms with E-state index in [0.29, 0.717) is 11.1 Å². The molecule has 0 bridgehead atoms. The predicted octanol–water partition coefficient (Wildman–Crippen LogP) is -8.30. The Labute approximate surface area is 626 Å². The largest absolute Gasteiger partial charge is 0.481 e. The van der Waals surface area contributed by atoms with Crippen molar-refractivity contribution in [3.8, 4) is 0 Å². The number of methoxy groups -OCH3 is 2. The second kappa shape index (κ2) is 45.5. The van der Waals surface area contributed by atoms with Gasteiger partial charge in [-0.15, -0.1) is 0 Å². The molecule has 24 N–H and O–H groups in total. The Morgan fingerprint density at radius 2 is 1.06 bits per heavy atom. The fourth-order valence-corrected chi connectivity index (χ4v) is 11.4. The molecule has 0 spiro atoms. The van der Waals surface area contributed by atoms with Crippen LogP contribution in [0.15, 0.2) is 65.7 Å². The average molecular weight is 1570 g/mol. The standard InChI is InChI=1S/C66H101N16O26P/c1-32(2)50(78-56(93)42(28-38-19-13-10-14-20-38)75-58(95)44(31-83)77-59(96)45-22-16-26-82(45)64(101)52(35(5)86)80-60(97)49(67)33(3)84)61(98)71-30-46(87)72-41(27-37-17-11-9-12-18-37)55(92)79-51(34(4)85)62(99)76-43(29-47(88)89)57(94)81-53(36(6)108-109(103,104)105)63(100)73-39(23-24-48(90)106-7)54(91)74-40(65(102)107-8)21-15-25-70-66(68)69/h9-14,17-20,32-36,39-45,49-53,83-86H,15-16,21-31,67H2,1-8H3,(H,71,98)(H,72,87)(H,73,100)(H,74,91)(H,75,95)(H,76,99)(H,77,96)(H,78,93)(H,79,92)(H,80,97)(H,81,94)(H,88,89)(H4,68,69,70)(H2,103,104,105)/t33-,34-,35-,36-,39+,40+,41+,42+,43+,44+,45+,49+,50+,51+,52+,53+/m1/s1. The van der Waals surface area contributed by atoms with E-state index in [-0.39, 0.29) is 57.6 Å². The first-order valence-electron chi connectivity index (χ1n) is 34.4. The molecule has 3 rings (SSSR count). The van der Waals surface area contributed by atoms with Gasteiger partial charge in [-0.3, -0.25) is 76.6 Å². The quantitative estimate of drug-likeness (QED) is 0.00963. The van der Waals surface area contributed by atoms with Gasteiger partial charge >= 0.3 is 25.7 Å². The summed E-state index contributed by atoms with van der Waals surface area (Å²) in [6.45, 7) is 5.32. The zero-order valence-electron chi connectivity index (χ0n) is 61.2. The molecule has 16 atom stereocenters. The number of amides is 12. The number of phosphoric acid groups is 1. The lowest BCUT2D eigenvalue weighted by molar-refractivity contribution is -0.146. The molecule has 1 fully saturated rings. The van der Waals surface area contributed by atoms with E-state index in [1.807, 2.05) is 10.6 Å². The molecule has 606 valence electrons. The second-order valence-corrected chi connectivity index (χ2v) is 27.0. The highest BCUT2D eigenvalue weighted by atomic mass is 31.2. The molecule has 0 radical (unpaired) electrons. The average Bonchev–Trinajstić information content (AvgIpc) is 1.77. The van der Waals surface area contributed by atoms with Crippen molar-refractivity contribution in [2.45, 2.75) is 196 Å². The highest BCUT2D eigenvalue weighted by Crippen LogP contribution is 2.38. The number of guanidine groups is 1. The molecule has 1 aliphatic rings. The molecule has 43 heteroatoms. The minimum atomic E-state index is -5.58. The van der Waals surface area contributed by atoms with Crippen LogP contribution in [0.4, 0.5) is 0 Å². The van der Waals surface area contributed by atoms with Crippen LogP contribution in [0.3, 0.4) is 0 Å². The summed E-state index contributed by atoms with van der Waals surface area (Å²) < 4.78 is 26.2. The first-order valence-corrected chi connectivity index (χ1v) is 35.9. The Morgan fingerprint density at radius 3 is 1.56 bits per heavy atom. The summed E-state index contributed by atoms with van der Waals surface area (Å²) in [6.07, 6.45) is -9.70. The van der Waals surface area contributed by atoms with Crippen molar-refractivity contribution in [3.63, 3.8) is 0 Å². The van der Waals surface area contributed by atoms with Crippen molar-refractivity contribution in [1.82, 2.24) is 63.4 Å². The number of phosphoric ester groups is 1. The fourth-order valence-electron chi connectivity index (χ4n) is 10.8. The number of benzene rings is 2. The van der Waals surface area contributed by atoms with E-state index in [0.717, 1.165) is 33.0 Å². The van der Waals surface area contributed by atoms with Crippen LogP contribution in [0.1, 0.15) is 97.6 Å². The van der Waals surface area contributed by atoms with Crippen molar-refractivity contribution < 1.29 is 126 Å². The Bertz CT molecular complexity index is 3550. The van der Waals surface area contributed by atoms with Gasteiger partial charge in [-0.1, -0.05) is 74.5 Å². The number of esters is 2. The third-order valence-corrected chi connectivity index (χ3v) is 17.3. The first kappa shape index (κ1) is 92.9. The second-order valence-electron chi connectivity index (χ2n) is 25.8. The summed E-state index contributed by atoms with van der Waals surface area (Å²) in [4.78, 5) is 229. The molecular formula is C66H101N16O26P. The van der Waals surface area contributed by atoms with Crippen molar-refractivity contribution in [2.24, 2.45) is 28.1 Å². The molecule has 1 heterocycles. The highest BCUT2D eigenvalue weighted by Gasteiger charge is 2.43. The Morgan fingerprint density at radius 1 is 0.569 bits per heavy atom. The minimum Gasteiger partial charge on any atom is -0.481 e. The van der Waals surface area contributed by atoms with E-state index in [1.54, 1.807) is 48.5 Å². The Hall–Kier alpha value is -10.3. The molecule has 1 saturated heterocycles. The van der Waals surface area contributed by atoms with E-state index in [1.165, 1.54) is 39.8 Å². The molecule has 42 nitrogen and oxygen atoms in total. The number of carboxylic acids is 1. The van der Waals surface area contributed by atoms with Gasteiger partial charge in [0.15, 0.2) is 5.96 Å². The number of ether oxygens (including phenoxy) is 2. The third-order valence-electron chi connectivity index (χ3n) is 16.7. The lowest BCUT2D eigenvalue weighted by atomic mass is 10.0. The highest BCUT2D eigenvalue weighted by molar-refractivity contribution is 7.46. The van der Waals surface area contributed by atoms with E-state index < -0.39 is 232 Å². The number of carbonyl (C=O) groups excluding carboxylic acids is 14. The number of aliphatic hydroxyl groups excluding tert-OH is 4. The number of nitrogens with two attached hydrogens (primary N) is 3. The SMILES string of the molecule is COC(=O)CC[C@H](NC(=O)[C@@H](NC(=O)[C@H](CC(=O)O)NC(=O)[C@@H](NC(=O)[C@H](Cc1ccccc1)NC(=O)CNC(=O)[C@@H](NC(=O)[C@H](Cc1ccccc1)NC(=O)[C@H](CO)NC(=O)[C@@H]1CCCN1C(=O)[C@@H](NC(=O)[C@@H](N)[C@@H](C)O)[C@@H](C)O)C(C)C)[C@@H](C)O)[C@@H](C)OP(=O)(O)O)C(=O)N[C@@H](CCCN=C(N)N)C(=O)OC. The van der Waals surface area contributed by atoms with Gasteiger partial charge in [-0.25, -0.2) is 9.36 Å². The van der Waals surface area contributed by atoms with Crippen LogP contribution in [-0.4, -0.2) is 272 Å². The van der Waals surface area contributed by atoms with Crippen LogP contribution in [-0.2, 0) is 103 Å². The fraction of sp³-hybridized carbons (Fsp3) is 0.576. The number of nitrogens with zero attached hydrogens (tertiary/aromatic N) is 2. The van der Waals surface area contributed by atoms with Gasteiger partial charge in [0.2, 0.25) is 70.9 Å². The smallest absolute Gasteiger partial charge is 0.469 e. The third kappa shape index (κ3) is 31.8. The van der Waals surface area contributed by atoms with Gasteiger partial charge in [-0.05, 0) is 76.8 Å². The summed E-state index contributed by atoms with van der Waals surface area (Å²) in [5.74, 6) is -18.6. The van der Waals surface area contributed by atoms with Crippen molar-refractivity contribution in [2.75, 3.05) is 40.5 Å². The van der Waals surface area contributed by atoms with Crippen LogP contribution < -0.4 is 75.7 Å². The number of aliphatic hydroxyl groups is 4. The lowest BCUT2D eigenvalue weighted by Gasteiger charge is -2.31. The number of aliphatic carboxylic acids is 1. The molecule has 0 unspecified atom stereocenters. The van der Waals surface area contributed by atoms with E-state index in [4.69, 9.17) is 21.9 Å². The Balaban J connectivity index is 1.88. The number of hydrogen-bond acceptors (Lipinski definition) is 25. The number of likely N-dealkylation sites (tertiary alicyclic amines) is 1. The topological polar surface area (TPSA) is 668 Å². The van der Waals surface area contributed by atoms with Crippen LogP contribution in [0.5, 0.6) is 0 Å². The van der Waals surface area contributed by atoms with Crippen LogP contribution in [0.25, 0.3) is 0 Å².